The first-order valence-corrected chi connectivity index (χ1v) is 6.84. The number of para-hydroxylation sites is 1. The van der Waals surface area contributed by atoms with E-state index >= 15 is 0 Å². The van der Waals surface area contributed by atoms with Gasteiger partial charge >= 0.3 is 0 Å². The molecule has 0 saturated heterocycles. The summed E-state index contributed by atoms with van der Waals surface area (Å²) >= 11 is 5.95. The third kappa shape index (κ3) is 2.10. The quantitative estimate of drug-likeness (QED) is 0.680. The SMILES string of the molecule is CCc1nccn1-c1cc(CCl)nc2ccccc12. The molecule has 0 aliphatic heterocycles. The summed E-state index contributed by atoms with van der Waals surface area (Å²) in [6, 6.07) is 10.1. The van der Waals surface area contributed by atoms with Gasteiger partial charge in [-0.3, -0.25) is 4.98 Å². The minimum atomic E-state index is 0.411. The minimum Gasteiger partial charge on any atom is -0.303 e. The number of halogens is 1. The van der Waals surface area contributed by atoms with Gasteiger partial charge < -0.3 is 4.57 Å². The molecule has 0 N–H and O–H groups in total. The Hall–Kier alpha value is -1.87. The second-order valence-electron chi connectivity index (χ2n) is 4.35. The van der Waals surface area contributed by atoms with Gasteiger partial charge in [-0.1, -0.05) is 25.1 Å². The number of hydrogen-bond acceptors (Lipinski definition) is 2. The maximum Gasteiger partial charge on any atom is 0.112 e. The molecule has 2 heterocycles. The molecule has 19 heavy (non-hydrogen) atoms. The fourth-order valence-electron chi connectivity index (χ4n) is 2.29. The fraction of sp³-hybridized carbons (Fsp3) is 0.200. The molecule has 3 nitrogen and oxygen atoms in total. The summed E-state index contributed by atoms with van der Waals surface area (Å²) in [6.45, 7) is 2.10. The molecule has 0 radical (unpaired) electrons. The summed E-state index contributed by atoms with van der Waals surface area (Å²) in [5.41, 5.74) is 2.94. The standard InChI is InChI=1S/C15H14ClN3/c1-2-15-17-7-8-19(15)14-9-11(10-16)18-13-6-4-3-5-12(13)14/h3-9H,2,10H2,1H3. The number of aryl methyl sites for hydroxylation is 1. The summed E-state index contributed by atoms with van der Waals surface area (Å²) < 4.78 is 2.11. The first-order valence-electron chi connectivity index (χ1n) is 6.30. The van der Waals surface area contributed by atoms with Crippen LogP contribution >= 0.6 is 11.6 Å². The first-order chi connectivity index (χ1) is 9.33. The molecular formula is C15H14ClN3. The number of hydrogen-bond donors (Lipinski definition) is 0. The van der Waals surface area contributed by atoms with Crippen molar-refractivity contribution >= 4 is 22.5 Å². The molecule has 0 fully saturated rings. The molecular weight excluding hydrogens is 258 g/mol. The number of benzene rings is 1. The van der Waals surface area contributed by atoms with Crippen molar-refractivity contribution in [2.24, 2.45) is 0 Å². The summed E-state index contributed by atoms with van der Waals surface area (Å²) in [5, 5.41) is 1.11. The molecule has 4 heteroatoms. The summed E-state index contributed by atoms with van der Waals surface area (Å²) in [6.07, 6.45) is 4.70. The third-order valence-electron chi connectivity index (χ3n) is 3.18. The van der Waals surface area contributed by atoms with Gasteiger partial charge in [0.25, 0.3) is 0 Å². The molecule has 2 aromatic heterocycles. The lowest BCUT2D eigenvalue weighted by Gasteiger charge is -2.11. The highest BCUT2D eigenvalue weighted by atomic mass is 35.5. The Morgan fingerprint density at radius 1 is 1.26 bits per heavy atom. The van der Waals surface area contributed by atoms with Crippen molar-refractivity contribution in [3.8, 4) is 5.69 Å². The number of alkyl halides is 1. The van der Waals surface area contributed by atoms with E-state index in [4.69, 9.17) is 11.6 Å². The lowest BCUT2D eigenvalue weighted by molar-refractivity contribution is 0.893. The van der Waals surface area contributed by atoms with E-state index < -0.39 is 0 Å². The van der Waals surface area contributed by atoms with Crippen LogP contribution in [0.25, 0.3) is 16.6 Å². The zero-order valence-electron chi connectivity index (χ0n) is 10.7. The zero-order chi connectivity index (χ0) is 13.2. The largest absolute Gasteiger partial charge is 0.303 e. The van der Waals surface area contributed by atoms with Crippen LogP contribution in [0.15, 0.2) is 42.7 Å². The van der Waals surface area contributed by atoms with Crippen LogP contribution in [-0.4, -0.2) is 14.5 Å². The van der Waals surface area contributed by atoms with Gasteiger partial charge in [-0.25, -0.2) is 4.98 Å². The van der Waals surface area contributed by atoms with Crippen LogP contribution in [-0.2, 0) is 12.3 Å². The highest BCUT2D eigenvalue weighted by Crippen LogP contribution is 2.24. The highest BCUT2D eigenvalue weighted by Gasteiger charge is 2.09. The molecule has 1 aromatic carbocycles. The summed E-state index contributed by atoms with van der Waals surface area (Å²) in [4.78, 5) is 8.94. The smallest absolute Gasteiger partial charge is 0.112 e. The van der Waals surface area contributed by atoms with Gasteiger partial charge in [-0.05, 0) is 12.1 Å². The van der Waals surface area contributed by atoms with Crippen molar-refractivity contribution < 1.29 is 0 Å². The molecule has 3 rings (SSSR count). The molecule has 0 atom stereocenters. The van der Waals surface area contributed by atoms with E-state index in [2.05, 4.69) is 27.5 Å². The predicted molar refractivity (Wildman–Crippen MR) is 77.8 cm³/mol. The van der Waals surface area contributed by atoms with Crippen molar-refractivity contribution in [3.05, 3.63) is 54.2 Å². The van der Waals surface area contributed by atoms with Gasteiger partial charge in [0, 0.05) is 24.2 Å². The molecule has 96 valence electrons. The number of fused-ring (bicyclic) bond motifs is 1. The van der Waals surface area contributed by atoms with E-state index in [-0.39, 0.29) is 0 Å². The second-order valence-corrected chi connectivity index (χ2v) is 4.62. The minimum absolute atomic E-state index is 0.411. The van der Waals surface area contributed by atoms with E-state index in [1.165, 1.54) is 0 Å². The van der Waals surface area contributed by atoms with Crippen LogP contribution in [0, 0.1) is 0 Å². The average Bonchev–Trinajstić information content (AvgIpc) is 2.94. The Morgan fingerprint density at radius 2 is 2.11 bits per heavy atom. The average molecular weight is 272 g/mol. The van der Waals surface area contributed by atoms with Crippen molar-refractivity contribution in [1.29, 1.82) is 0 Å². The molecule has 0 bridgehead atoms. The molecule has 3 aromatic rings. The maximum absolute atomic E-state index is 5.95. The fourth-order valence-corrected chi connectivity index (χ4v) is 2.43. The topological polar surface area (TPSA) is 30.7 Å². The van der Waals surface area contributed by atoms with Gasteiger partial charge in [0.05, 0.1) is 22.8 Å². The predicted octanol–water partition coefficient (Wildman–Crippen LogP) is 3.72. The number of pyridine rings is 1. The molecule has 0 saturated carbocycles. The van der Waals surface area contributed by atoms with Crippen LogP contribution in [0.4, 0.5) is 0 Å². The number of imidazole rings is 1. The van der Waals surface area contributed by atoms with Crippen LogP contribution < -0.4 is 0 Å². The monoisotopic (exact) mass is 271 g/mol. The van der Waals surface area contributed by atoms with Gasteiger partial charge in [-0.2, -0.15) is 0 Å². The Kier molecular flexibility index (Phi) is 3.22. The third-order valence-corrected chi connectivity index (χ3v) is 3.45. The Bertz CT molecular complexity index is 718. The molecule has 0 aliphatic carbocycles. The Balaban J connectivity index is 2.33. The van der Waals surface area contributed by atoms with Crippen molar-refractivity contribution in [1.82, 2.24) is 14.5 Å². The molecule has 0 amide bonds. The van der Waals surface area contributed by atoms with Gasteiger partial charge in [0.15, 0.2) is 0 Å². The van der Waals surface area contributed by atoms with Crippen molar-refractivity contribution in [2.45, 2.75) is 19.2 Å². The summed E-state index contributed by atoms with van der Waals surface area (Å²) in [5.74, 6) is 1.45. The normalized spacial score (nSPS) is 11.1. The van der Waals surface area contributed by atoms with Gasteiger partial charge in [0.1, 0.15) is 5.82 Å². The maximum atomic E-state index is 5.95. The van der Waals surface area contributed by atoms with Crippen LogP contribution in [0.1, 0.15) is 18.4 Å². The number of rotatable bonds is 3. The highest BCUT2D eigenvalue weighted by molar-refractivity contribution is 6.17. The van der Waals surface area contributed by atoms with Crippen LogP contribution in [0.5, 0.6) is 0 Å². The van der Waals surface area contributed by atoms with E-state index in [9.17, 15) is 0 Å². The van der Waals surface area contributed by atoms with Crippen molar-refractivity contribution in [2.75, 3.05) is 0 Å². The van der Waals surface area contributed by atoms with E-state index in [1.807, 2.05) is 36.7 Å². The lowest BCUT2D eigenvalue weighted by Crippen LogP contribution is -2.02. The van der Waals surface area contributed by atoms with Crippen LogP contribution in [0.3, 0.4) is 0 Å². The van der Waals surface area contributed by atoms with E-state index in [1.54, 1.807) is 0 Å². The van der Waals surface area contributed by atoms with E-state index in [0.717, 1.165) is 34.5 Å². The molecule has 0 aliphatic rings. The molecule has 0 unspecified atom stereocenters. The number of aromatic nitrogens is 3. The van der Waals surface area contributed by atoms with Crippen LogP contribution in [0.2, 0.25) is 0 Å². The van der Waals surface area contributed by atoms with Crippen molar-refractivity contribution in [3.63, 3.8) is 0 Å². The zero-order valence-corrected chi connectivity index (χ0v) is 11.4. The summed E-state index contributed by atoms with van der Waals surface area (Å²) in [7, 11) is 0. The first kappa shape index (κ1) is 12.2. The van der Waals surface area contributed by atoms with E-state index in [0.29, 0.717) is 5.88 Å². The second kappa shape index (κ2) is 5.02. The van der Waals surface area contributed by atoms with Gasteiger partial charge in [-0.15, -0.1) is 11.6 Å². The Morgan fingerprint density at radius 3 is 2.89 bits per heavy atom. The Labute approximate surface area is 116 Å². The lowest BCUT2D eigenvalue weighted by atomic mass is 10.1. The number of nitrogens with zero attached hydrogens (tertiary/aromatic N) is 3. The van der Waals surface area contributed by atoms with Gasteiger partial charge in [0.2, 0.25) is 0 Å². The molecule has 0 spiro atoms.